The molecule has 0 aliphatic carbocycles. The van der Waals surface area contributed by atoms with Gasteiger partial charge >= 0.3 is 0 Å². The first kappa shape index (κ1) is 12.1. The van der Waals surface area contributed by atoms with Gasteiger partial charge < -0.3 is 0 Å². The molecule has 2 nitrogen and oxygen atoms in total. The van der Waals surface area contributed by atoms with Gasteiger partial charge in [-0.15, -0.1) is 0 Å². The highest BCUT2D eigenvalue weighted by atomic mass is 32.2. The maximum atomic E-state index is 12.8. The molecule has 1 aliphatic heterocycles. The van der Waals surface area contributed by atoms with Gasteiger partial charge in [-0.2, -0.15) is 0 Å². The lowest BCUT2D eigenvalue weighted by atomic mass is 10.1. The van der Waals surface area contributed by atoms with Crippen LogP contribution >= 0.6 is 11.8 Å². The fourth-order valence-corrected chi connectivity index (χ4v) is 2.96. The van der Waals surface area contributed by atoms with E-state index in [9.17, 15) is 9.18 Å². The number of fused-ring (bicyclic) bond motifs is 1. The standard InChI is InChI=1S/C15H10FNOS/c16-10-5-7-11(8-6-10)17-9-14-12-3-1-2-4-13(12)15(18)19-14/h1-9,14H. The summed E-state index contributed by atoms with van der Waals surface area (Å²) >= 11 is 1.25. The van der Waals surface area contributed by atoms with Crippen LogP contribution in [-0.4, -0.2) is 11.3 Å². The van der Waals surface area contributed by atoms with E-state index >= 15 is 0 Å². The molecule has 0 N–H and O–H groups in total. The minimum absolute atomic E-state index is 0.0613. The van der Waals surface area contributed by atoms with Gasteiger partial charge in [-0.25, -0.2) is 4.39 Å². The van der Waals surface area contributed by atoms with Crippen LogP contribution in [0, 0.1) is 5.82 Å². The lowest BCUT2D eigenvalue weighted by molar-refractivity contribution is 0.109. The van der Waals surface area contributed by atoms with Crippen LogP contribution in [0.2, 0.25) is 0 Å². The lowest BCUT2D eigenvalue weighted by Gasteiger charge is -2.02. The van der Waals surface area contributed by atoms with Gasteiger partial charge in [-0.05, 0) is 29.8 Å². The molecular weight excluding hydrogens is 261 g/mol. The van der Waals surface area contributed by atoms with Gasteiger partial charge in [0.25, 0.3) is 0 Å². The second-order valence-electron chi connectivity index (χ2n) is 4.17. The Morgan fingerprint density at radius 3 is 2.63 bits per heavy atom. The Labute approximate surface area is 114 Å². The van der Waals surface area contributed by atoms with Crippen LogP contribution in [-0.2, 0) is 0 Å². The third-order valence-corrected chi connectivity index (χ3v) is 3.97. The van der Waals surface area contributed by atoms with Crippen molar-refractivity contribution < 1.29 is 9.18 Å². The van der Waals surface area contributed by atoms with E-state index in [0.717, 1.165) is 11.1 Å². The topological polar surface area (TPSA) is 29.4 Å². The molecule has 4 heteroatoms. The van der Waals surface area contributed by atoms with Crippen molar-refractivity contribution in [3.8, 4) is 0 Å². The van der Waals surface area contributed by atoms with E-state index in [2.05, 4.69) is 4.99 Å². The monoisotopic (exact) mass is 271 g/mol. The number of hydrogen-bond donors (Lipinski definition) is 0. The summed E-state index contributed by atoms with van der Waals surface area (Å²) in [4.78, 5) is 16.1. The largest absolute Gasteiger partial charge is 0.282 e. The predicted octanol–water partition coefficient (Wildman–Crippen LogP) is 4.16. The molecule has 19 heavy (non-hydrogen) atoms. The molecule has 2 aromatic carbocycles. The van der Waals surface area contributed by atoms with Crippen LogP contribution in [0.3, 0.4) is 0 Å². The molecule has 0 spiro atoms. The van der Waals surface area contributed by atoms with E-state index in [4.69, 9.17) is 0 Å². The number of carbonyl (C=O) groups excluding carboxylic acids is 1. The lowest BCUT2D eigenvalue weighted by Crippen LogP contribution is -1.90. The Bertz CT molecular complexity index is 651. The van der Waals surface area contributed by atoms with Crippen molar-refractivity contribution in [1.82, 2.24) is 0 Å². The average Bonchev–Trinajstić information content (AvgIpc) is 2.76. The number of nitrogens with zero attached hydrogens (tertiary/aromatic N) is 1. The van der Waals surface area contributed by atoms with E-state index in [1.165, 1.54) is 23.9 Å². The van der Waals surface area contributed by atoms with Crippen molar-refractivity contribution in [3.63, 3.8) is 0 Å². The summed E-state index contributed by atoms with van der Waals surface area (Å²) in [5.41, 5.74) is 2.42. The van der Waals surface area contributed by atoms with Gasteiger partial charge in [0.15, 0.2) is 0 Å². The number of thioether (sulfide) groups is 1. The first-order valence-electron chi connectivity index (χ1n) is 5.84. The number of benzene rings is 2. The molecule has 0 saturated carbocycles. The second kappa shape index (κ2) is 4.97. The molecule has 1 aliphatic rings. The van der Waals surface area contributed by atoms with Crippen molar-refractivity contribution in [2.75, 3.05) is 0 Å². The van der Waals surface area contributed by atoms with Crippen molar-refractivity contribution in [2.24, 2.45) is 4.99 Å². The molecule has 0 bridgehead atoms. The molecule has 0 radical (unpaired) electrons. The number of halogens is 1. The van der Waals surface area contributed by atoms with Crippen molar-refractivity contribution in [2.45, 2.75) is 5.25 Å². The maximum absolute atomic E-state index is 12.8. The highest BCUT2D eigenvalue weighted by Gasteiger charge is 2.28. The highest BCUT2D eigenvalue weighted by Crippen LogP contribution is 2.40. The molecule has 2 aromatic rings. The summed E-state index contributed by atoms with van der Waals surface area (Å²) in [5, 5.41) is 0.0138. The Morgan fingerprint density at radius 2 is 1.84 bits per heavy atom. The first-order valence-corrected chi connectivity index (χ1v) is 6.72. The molecule has 94 valence electrons. The summed E-state index contributed by atoms with van der Waals surface area (Å²) < 4.78 is 12.8. The van der Waals surface area contributed by atoms with Gasteiger partial charge in [-0.3, -0.25) is 9.79 Å². The summed E-state index contributed by atoms with van der Waals surface area (Å²) in [6.45, 7) is 0. The van der Waals surface area contributed by atoms with Gasteiger partial charge in [0.05, 0.1) is 10.9 Å². The van der Waals surface area contributed by atoms with Gasteiger partial charge in [0.2, 0.25) is 5.12 Å². The third kappa shape index (κ3) is 2.44. The van der Waals surface area contributed by atoms with E-state index in [1.807, 2.05) is 24.3 Å². The molecular formula is C15H10FNOS. The smallest absolute Gasteiger partial charge is 0.220 e. The van der Waals surface area contributed by atoms with Crippen LogP contribution in [0.15, 0.2) is 53.5 Å². The molecule has 0 amide bonds. The Balaban J connectivity index is 1.85. The minimum Gasteiger partial charge on any atom is -0.282 e. The van der Waals surface area contributed by atoms with Crippen LogP contribution in [0.25, 0.3) is 0 Å². The van der Waals surface area contributed by atoms with Gasteiger partial charge in [0, 0.05) is 11.8 Å². The van der Waals surface area contributed by atoms with E-state index < -0.39 is 0 Å². The fraction of sp³-hybridized carbons (Fsp3) is 0.0667. The first-order chi connectivity index (χ1) is 9.24. The number of rotatable bonds is 2. The Morgan fingerprint density at radius 1 is 1.11 bits per heavy atom. The van der Waals surface area contributed by atoms with Crippen molar-refractivity contribution >= 4 is 28.8 Å². The van der Waals surface area contributed by atoms with Crippen LogP contribution in [0.5, 0.6) is 0 Å². The average molecular weight is 271 g/mol. The Hall–Kier alpha value is -1.94. The third-order valence-electron chi connectivity index (χ3n) is 2.91. The zero-order valence-corrected chi connectivity index (χ0v) is 10.7. The van der Waals surface area contributed by atoms with Crippen LogP contribution in [0.1, 0.15) is 21.2 Å². The predicted molar refractivity (Wildman–Crippen MR) is 75.7 cm³/mol. The Kier molecular flexibility index (Phi) is 3.17. The summed E-state index contributed by atoms with van der Waals surface area (Å²) in [6.07, 6.45) is 1.74. The van der Waals surface area contributed by atoms with E-state index in [-0.39, 0.29) is 16.2 Å². The minimum atomic E-state index is -0.283. The quantitative estimate of drug-likeness (QED) is 0.768. The second-order valence-corrected chi connectivity index (χ2v) is 5.28. The maximum Gasteiger partial charge on any atom is 0.220 e. The molecule has 0 fully saturated rings. The summed E-state index contributed by atoms with van der Waals surface area (Å²) in [5.74, 6) is -0.283. The molecule has 1 unspecified atom stereocenters. The zero-order chi connectivity index (χ0) is 13.2. The fourth-order valence-electron chi connectivity index (χ4n) is 1.96. The molecule has 1 atom stereocenters. The van der Waals surface area contributed by atoms with E-state index in [0.29, 0.717) is 5.69 Å². The van der Waals surface area contributed by atoms with Crippen molar-refractivity contribution in [1.29, 1.82) is 0 Å². The normalized spacial score (nSPS) is 17.9. The summed E-state index contributed by atoms with van der Waals surface area (Å²) in [7, 11) is 0. The molecule has 1 heterocycles. The number of carbonyl (C=O) groups is 1. The molecule has 0 saturated heterocycles. The molecule has 3 rings (SSSR count). The van der Waals surface area contributed by atoms with Gasteiger partial charge in [-0.1, -0.05) is 36.0 Å². The zero-order valence-electron chi connectivity index (χ0n) is 9.92. The number of hydrogen-bond acceptors (Lipinski definition) is 3. The van der Waals surface area contributed by atoms with Crippen LogP contribution in [0.4, 0.5) is 10.1 Å². The summed E-state index contributed by atoms with van der Waals surface area (Å²) in [6, 6.07) is 13.5. The SMILES string of the molecule is O=C1SC(C=Nc2ccc(F)cc2)c2ccccc21. The van der Waals surface area contributed by atoms with Crippen LogP contribution < -0.4 is 0 Å². The van der Waals surface area contributed by atoms with Gasteiger partial charge in [0.1, 0.15) is 5.82 Å². The van der Waals surface area contributed by atoms with Crippen molar-refractivity contribution in [3.05, 3.63) is 65.5 Å². The highest BCUT2D eigenvalue weighted by molar-refractivity contribution is 8.15. The van der Waals surface area contributed by atoms with E-state index in [1.54, 1.807) is 18.3 Å². The number of aliphatic imine (C=N–C) groups is 1. The molecule has 0 aromatic heterocycles.